The molecule has 5 nitrogen and oxygen atoms in total. The van der Waals surface area contributed by atoms with Crippen molar-refractivity contribution in [2.75, 3.05) is 33.4 Å². The Hall–Kier alpha value is -1.30. The normalized spacial score (nSPS) is 20.2. The van der Waals surface area contributed by atoms with Crippen molar-refractivity contribution >= 4 is 17.6 Å². The number of nitrogens with zero attached hydrogens (tertiary/aromatic N) is 1. The average molecular weight is 286 g/mol. The molecule has 1 unspecified atom stereocenters. The van der Waals surface area contributed by atoms with E-state index < -0.39 is 5.97 Å². The molecule has 0 aliphatic carbocycles. The minimum atomic E-state index is -1.06. The molecule has 0 bridgehead atoms. The van der Waals surface area contributed by atoms with E-state index in [1.165, 1.54) is 6.07 Å². The number of hydrogen-bond acceptors (Lipinski definition) is 4. The SMILES string of the molecule is CN1CCOC(COc2c(Cl)cccc2C(=O)O)C1. The van der Waals surface area contributed by atoms with Gasteiger partial charge in [-0.2, -0.15) is 0 Å². The molecule has 104 valence electrons. The van der Waals surface area contributed by atoms with E-state index in [4.69, 9.17) is 26.2 Å². The van der Waals surface area contributed by atoms with Gasteiger partial charge in [0.25, 0.3) is 0 Å². The summed E-state index contributed by atoms with van der Waals surface area (Å²) in [6.07, 6.45) is -0.0725. The Kier molecular flexibility index (Phi) is 4.63. The first-order valence-corrected chi connectivity index (χ1v) is 6.40. The summed E-state index contributed by atoms with van der Waals surface area (Å²) in [6, 6.07) is 4.66. The number of carboxylic acid groups (broad SMARTS) is 1. The Morgan fingerprint density at radius 2 is 2.42 bits per heavy atom. The van der Waals surface area contributed by atoms with Crippen LogP contribution < -0.4 is 4.74 Å². The minimum absolute atomic E-state index is 0.0664. The summed E-state index contributed by atoms with van der Waals surface area (Å²) < 4.78 is 11.1. The van der Waals surface area contributed by atoms with Crippen molar-refractivity contribution in [3.63, 3.8) is 0 Å². The Morgan fingerprint density at radius 3 is 3.11 bits per heavy atom. The van der Waals surface area contributed by atoms with Crippen molar-refractivity contribution in [3.8, 4) is 5.75 Å². The predicted molar refractivity (Wildman–Crippen MR) is 71.1 cm³/mol. The fraction of sp³-hybridized carbons (Fsp3) is 0.462. The smallest absolute Gasteiger partial charge is 0.339 e. The van der Waals surface area contributed by atoms with Crippen LogP contribution in [0.1, 0.15) is 10.4 Å². The van der Waals surface area contributed by atoms with Gasteiger partial charge in [0.2, 0.25) is 0 Å². The highest BCUT2D eigenvalue weighted by atomic mass is 35.5. The summed E-state index contributed by atoms with van der Waals surface area (Å²) >= 11 is 5.98. The lowest BCUT2D eigenvalue weighted by Crippen LogP contribution is -2.42. The molecule has 1 aliphatic rings. The number of ether oxygens (including phenoxy) is 2. The summed E-state index contributed by atoms with van der Waals surface area (Å²) in [4.78, 5) is 13.2. The quantitative estimate of drug-likeness (QED) is 0.913. The highest BCUT2D eigenvalue weighted by Gasteiger charge is 2.20. The molecule has 1 N–H and O–H groups in total. The molecule has 19 heavy (non-hydrogen) atoms. The van der Waals surface area contributed by atoms with Gasteiger partial charge in [-0.3, -0.25) is 0 Å². The van der Waals surface area contributed by atoms with E-state index in [9.17, 15) is 4.79 Å². The second-order valence-electron chi connectivity index (χ2n) is 4.49. The summed E-state index contributed by atoms with van der Waals surface area (Å²) in [5.41, 5.74) is 0.0664. The van der Waals surface area contributed by atoms with Gasteiger partial charge in [-0.15, -0.1) is 0 Å². The maximum absolute atomic E-state index is 11.1. The number of benzene rings is 1. The monoisotopic (exact) mass is 285 g/mol. The molecule has 1 aromatic carbocycles. The van der Waals surface area contributed by atoms with Gasteiger partial charge in [0, 0.05) is 13.1 Å². The fourth-order valence-electron chi connectivity index (χ4n) is 1.97. The number of hydrogen-bond donors (Lipinski definition) is 1. The lowest BCUT2D eigenvalue weighted by atomic mass is 10.2. The molecule has 6 heteroatoms. The Morgan fingerprint density at radius 1 is 1.63 bits per heavy atom. The standard InChI is InChI=1S/C13H16ClNO4/c1-15-5-6-18-9(7-15)8-19-12-10(13(16)17)3-2-4-11(12)14/h2-4,9H,5-8H2,1H3,(H,16,17). The maximum atomic E-state index is 11.1. The summed E-state index contributed by atoms with van der Waals surface area (Å²) in [5, 5.41) is 9.39. The van der Waals surface area contributed by atoms with Crippen LogP contribution in [0.3, 0.4) is 0 Å². The Bertz CT molecular complexity index is 466. The van der Waals surface area contributed by atoms with E-state index in [1.807, 2.05) is 7.05 Å². The molecule has 0 aromatic heterocycles. The number of morpholine rings is 1. The lowest BCUT2D eigenvalue weighted by Gasteiger charge is -2.30. The number of halogens is 1. The molecular weight excluding hydrogens is 270 g/mol. The van der Waals surface area contributed by atoms with E-state index in [0.717, 1.165) is 13.1 Å². The second kappa shape index (κ2) is 6.23. The van der Waals surface area contributed by atoms with Gasteiger partial charge < -0.3 is 19.5 Å². The van der Waals surface area contributed by atoms with Crippen LogP contribution in [-0.4, -0.2) is 55.4 Å². The number of para-hydroxylation sites is 1. The number of carboxylic acids is 1. The third-order valence-corrected chi connectivity index (χ3v) is 3.25. The number of likely N-dealkylation sites (N-methyl/N-ethyl adjacent to an activating group) is 1. The van der Waals surface area contributed by atoms with Gasteiger partial charge in [0.05, 0.1) is 11.6 Å². The van der Waals surface area contributed by atoms with Crippen molar-refractivity contribution < 1.29 is 19.4 Å². The lowest BCUT2D eigenvalue weighted by molar-refractivity contribution is -0.0404. The molecule has 0 saturated carbocycles. The summed E-state index contributed by atoms with van der Waals surface area (Å²) in [6.45, 7) is 2.59. The molecule has 1 atom stereocenters. The zero-order valence-corrected chi connectivity index (χ0v) is 11.4. The Labute approximate surface area is 116 Å². The first kappa shape index (κ1) is 14.1. The van der Waals surface area contributed by atoms with Crippen molar-refractivity contribution in [2.24, 2.45) is 0 Å². The molecule has 0 radical (unpaired) electrons. The van der Waals surface area contributed by atoms with Crippen LogP contribution in [0.5, 0.6) is 5.75 Å². The zero-order valence-electron chi connectivity index (χ0n) is 10.6. The van der Waals surface area contributed by atoms with Crippen molar-refractivity contribution in [1.29, 1.82) is 0 Å². The predicted octanol–water partition coefficient (Wildman–Crippen LogP) is 1.75. The molecule has 1 heterocycles. The van der Waals surface area contributed by atoms with E-state index in [1.54, 1.807) is 12.1 Å². The molecule has 1 fully saturated rings. The van der Waals surface area contributed by atoms with Crippen LogP contribution >= 0.6 is 11.6 Å². The van der Waals surface area contributed by atoms with Gasteiger partial charge in [0.1, 0.15) is 18.3 Å². The highest BCUT2D eigenvalue weighted by Crippen LogP contribution is 2.29. The van der Waals surface area contributed by atoms with Crippen molar-refractivity contribution in [1.82, 2.24) is 4.90 Å². The second-order valence-corrected chi connectivity index (χ2v) is 4.89. The van der Waals surface area contributed by atoms with Crippen molar-refractivity contribution in [2.45, 2.75) is 6.10 Å². The molecular formula is C13H16ClNO4. The van der Waals surface area contributed by atoms with Crippen LogP contribution in [0.25, 0.3) is 0 Å². The third kappa shape index (κ3) is 3.59. The van der Waals surface area contributed by atoms with Gasteiger partial charge in [-0.1, -0.05) is 17.7 Å². The molecule has 0 amide bonds. The van der Waals surface area contributed by atoms with E-state index in [-0.39, 0.29) is 24.0 Å². The third-order valence-electron chi connectivity index (χ3n) is 2.95. The van der Waals surface area contributed by atoms with Crippen LogP contribution in [0.4, 0.5) is 0 Å². The number of rotatable bonds is 4. The highest BCUT2D eigenvalue weighted by molar-refractivity contribution is 6.32. The topological polar surface area (TPSA) is 59.0 Å². The molecule has 1 saturated heterocycles. The fourth-order valence-corrected chi connectivity index (χ4v) is 2.20. The summed E-state index contributed by atoms with van der Waals surface area (Å²) in [7, 11) is 2.01. The molecule has 0 spiro atoms. The maximum Gasteiger partial charge on any atom is 0.339 e. The zero-order chi connectivity index (χ0) is 13.8. The van der Waals surface area contributed by atoms with Gasteiger partial charge in [-0.25, -0.2) is 4.79 Å². The first-order chi connectivity index (χ1) is 9.08. The van der Waals surface area contributed by atoms with Crippen molar-refractivity contribution in [3.05, 3.63) is 28.8 Å². The van der Waals surface area contributed by atoms with Gasteiger partial charge >= 0.3 is 5.97 Å². The number of carbonyl (C=O) groups is 1. The molecule has 1 aromatic rings. The average Bonchev–Trinajstić information content (AvgIpc) is 2.37. The molecule has 2 rings (SSSR count). The van der Waals surface area contributed by atoms with Crippen LogP contribution in [0.2, 0.25) is 5.02 Å². The van der Waals surface area contributed by atoms with E-state index in [2.05, 4.69) is 4.90 Å². The van der Waals surface area contributed by atoms with Gasteiger partial charge in [-0.05, 0) is 19.2 Å². The largest absolute Gasteiger partial charge is 0.488 e. The van der Waals surface area contributed by atoms with E-state index in [0.29, 0.717) is 11.6 Å². The van der Waals surface area contributed by atoms with Crippen LogP contribution in [0.15, 0.2) is 18.2 Å². The Balaban J connectivity index is 2.04. The van der Waals surface area contributed by atoms with Crippen LogP contribution in [-0.2, 0) is 4.74 Å². The summed E-state index contributed by atoms with van der Waals surface area (Å²) in [5.74, 6) is -0.854. The van der Waals surface area contributed by atoms with Crippen LogP contribution in [0, 0.1) is 0 Å². The number of aromatic carboxylic acids is 1. The first-order valence-electron chi connectivity index (χ1n) is 6.02. The minimum Gasteiger partial charge on any atom is -0.488 e. The van der Waals surface area contributed by atoms with E-state index >= 15 is 0 Å². The molecule has 1 aliphatic heterocycles. The van der Waals surface area contributed by atoms with Gasteiger partial charge in [0.15, 0.2) is 5.75 Å².